The first-order chi connectivity index (χ1) is 12.5. The molecule has 1 N–H and O–H groups in total. The molecular weight excluding hydrogens is 383 g/mol. The Hall–Kier alpha value is -2.49. The first kappa shape index (κ1) is 19.3. The van der Waals surface area contributed by atoms with Gasteiger partial charge in [0.05, 0.1) is 5.56 Å². The van der Waals surface area contributed by atoms with Gasteiger partial charge in [-0.1, -0.05) is 6.07 Å². The summed E-state index contributed by atoms with van der Waals surface area (Å²) < 4.78 is 99.9. The number of ether oxygens (including phenoxy) is 2. The summed E-state index contributed by atoms with van der Waals surface area (Å²) in [7, 11) is 0. The highest BCUT2D eigenvalue weighted by Gasteiger charge is 2.34. The zero-order valence-electron chi connectivity index (χ0n) is 13.4. The number of nitrogens with one attached hydrogen (secondary N) is 1. The third-order valence-corrected chi connectivity index (χ3v) is 3.81. The lowest BCUT2D eigenvalue weighted by Crippen LogP contribution is -2.50. The van der Waals surface area contributed by atoms with Crippen molar-refractivity contribution in [1.82, 2.24) is 5.32 Å². The van der Waals surface area contributed by atoms with Gasteiger partial charge < -0.3 is 14.8 Å². The van der Waals surface area contributed by atoms with E-state index in [-0.39, 0.29) is 17.4 Å². The van der Waals surface area contributed by atoms with Crippen molar-refractivity contribution in [1.29, 1.82) is 0 Å². The van der Waals surface area contributed by atoms with Crippen LogP contribution in [0.25, 0.3) is 11.1 Å². The Kier molecular flexibility index (Phi) is 4.94. The molecule has 0 atom stereocenters. The number of hydrogen-bond donors (Lipinski definition) is 1. The zero-order valence-corrected chi connectivity index (χ0v) is 13.4. The predicted molar refractivity (Wildman–Crippen MR) is 80.8 cm³/mol. The third-order valence-electron chi connectivity index (χ3n) is 3.81. The van der Waals surface area contributed by atoms with Crippen molar-refractivity contribution in [2.45, 2.75) is 18.6 Å². The van der Waals surface area contributed by atoms with Crippen LogP contribution in [0.3, 0.4) is 0 Å². The van der Waals surface area contributed by atoms with E-state index in [0.717, 1.165) is 12.1 Å². The van der Waals surface area contributed by atoms with Gasteiger partial charge >= 0.3 is 12.5 Å². The van der Waals surface area contributed by atoms with Gasteiger partial charge in [-0.15, -0.1) is 13.2 Å². The van der Waals surface area contributed by atoms with Crippen molar-refractivity contribution >= 4 is 0 Å². The second-order valence-corrected chi connectivity index (χ2v) is 5.80. The minimum Gasteiger partial charge on any atom is -0.484 e. The average Bonchev–Trinajstić information content (AvgIpc) is 2.49. The highest BCUT2D eigenvalue weighted by atomic mass is 19.4. The van der Waals surface area contributed by atoms with Gasteiger partial charge in [-0.25, -0.2) is 4.39 Å². The number of hydrogen-bond acceptors (Lipinski definition) is 3. The van der Waals surface area contributed by atoms with Gasteiger partial charge in [0, 0.05) is 18.7 Å². The molecule has 27 heavy (non-hydrogen) atoms. The summed E-state index contributed by atoms with van der Waals surface area (Å²) in [6.07, 6.45) is -10.1. The topological polar surface area (TPSA) is 30.5 Å². The molecule has 1 fully saturated rings. The predicted octanol–water partition coefficient (Wildman–Crippen LogP) is 4.76. The van der Waals surface area contributed by atoms with Gasteiger partial charge in [0.15, 0.2) is 11.5 Å². The quantitative estimate of drug-likeness (QED) is 0.758. The molecule has 1 aliphatic heterocycles. The van der Waals surface area contributed by atoms with Crippen molar-refractivity contribution in [2.75, 3.05) is 13.1 Å². The molecule has 1 heterocycles. The number of benzene rings is 2. The van der Waals surface area contributed by atoms with Gasteiger partial charge in [-0.2, -0.15) is 13.2 Å². The second-order valence-electron chi connectivity index (χ2n) is 5.80. The molecule has 0 unspecified atom stereocenters. The van der Waals surface area contributed by atoms with E-state index < -0.39 is 35.2 Å². The van der Waals surface area contributed by atoms with Crippen LogP contribution in [0.1, 0.15) is 5.56 Å². The third kappa shape index (κ3) is 4.62. The molecule has 10 heteroatoms. The Labute approximate surface area is 148 Å². The molecule has 1 saturated heterocycles. The molecular formula is C17H12F7NO2. The SMILES string of the molecule is Fc1ccc(C(F)(F)F)cc1-c1ccc(OC2CNC2)c(OC(F)(F)F)c1. The maximum Gasteiger partial charge on any atom is 0.573 e. The van der Waals surface area contributed by atoms with E-state index in [0.29, 0.717) is 31.3 Å². The molecule has 0 aliphatic carbocycles. The lowest BCUT2D eigenvalue weighted by atomic mass is 10.0. The Bertz CT molecular complexity index is 829. The highest BCUT2D eigenvalue weighted by molar-refractivity contribution is 5.68. The van der Waals surface area contributed by atoms with Crippen LogP contribution in [0.15, 0.2) is 36.4 Å². The minimum absolute atomic E-state index is 0.211. The van der Waals surface area contributed by atoms with Crippen LogP contribution < -0.4 is 14.8 Å². The summed E-state index contributed by atoms with van der Waals surface area (Å²) in [4.78, 5) is 0. The molecule has 146 valence electrons. The normalized spacial score (nSPS) is 15.4. The van der Waals surface area contributed by atoms with Gasteiger partial charge in [0.25, 0.3) is 0 Å². The lowest BCUT2D eigenvalue weighted by molar-refractivity contribution is -0.275. The van der Waals surface area contributed by atoms with Crippen molar-refractivity contribution < 1.29 is 40.2 Å². The van der Waals surface area contributed by atoms with Crippen LogP contribution >= 0.6 is 0 Å². The van der Waals surface area contributed by atoms with Crippen LogP contribution in [0.4, 0.5) is 30.7 Å². The van der Waals surface area contributed by atoms with E-state index in [1.807, 2.05) is 0 Å². The van der Waals surface area contributed by atoms with Crippen molar-refractivity contribution in [3.63, 3.8) is 0 Å². The summed E-state index contributed by atoms with van der Waals surface area (Å²) >= 11 is 0. The summed E-state index contributed by atoms with van der Waals surface area (Å²) in [5.41, 5.74) is -1.84. The summed E-state index contributed by atoms with van der Waals surface area (Å²) in [5, 5.41) is 2.87. The molecule has 2 aromatic carbocycles. The molecule has 2 aromatic rings. The molecule has 3 nitrogen and oxygen atoms in total. The molecule has 3 rings (SSSR count). The molecule has 0 saturated carbocycles. The molecule has 0 spiro atoms. The number of halogens is 7. The summed E-state index contributed by atoms with van der Waals surface area (Å²) in [5.74, 6) is -2.02. The Morgan fingerprint density at radius 1 is 0.889 bits per heavy atom. The molecule has 0 aromatic heterocycles. The number of alkyl halides is 6. The first-order valence-electron chi connectivity index (χ1n) is 7.67. The minimum atomic E-state index is -5.05. The Balaban J connectivity index is 2.02. The smallest absolute Gasteiger partial charge is 0.484 e. The van der Waals surface area contributed by atoms with Crippen molar-refractivity contribution in [3.05, 3.63) is 47.8 Å². The van der Waals surface area contributed by atoms with E-state index >= 15 is 0 Å². The second kappa shape index (κ2) is 6.91. The first-order valence-corrected chi connectivity index (χ1v) is 7.67. The average molecular weight is 395 g/mol. The van der Waals surface area contributed by atoms with E-state index in [4.69, 9.17) is 4.74 Å². The largest absolute Gasteiger partial charge is 0.573 e. The fourth-order valence-corrected chi connectivity index (χ4v) is 2.43. The van der Waals surface area contributed by atoms with Crippen LogP contribution in [0.5, 0.6) is 11.5 Å². The Morgan fingerprint density at radius 3 is 2.15 bits per heavy atom. The van der Waals surface area contributed by atoms with Gasteiger partial charge in [0.1, 0.15) is 11.9 Å². The fourth-order valence-electron chi connectivity index (χ4n) is 2.43. The number of rotatable bonds is 4. The summed E-state index contributed by atoms with van der Waals surface area (Å²) in [6, 6.07) is 4.75. The monoisotopic (exact) mass is 395 g/mol. The van der Waals surface area contributed by atoms with Crippen LogP contribution in [-0.4, -0.2) is 25.6 Å². The zero-order chi connectivity index (χ0) is 19.8. The lowest BCUT2D eigenvalue weighted by Gasteiger charge is -2.28. The Morgan fingerprint density at radius 2 is 1.59 bits per heavy atom. The van der Waals surface area contributed by atoms with E-state index in [9.17, 15) is 30.7 Å². The van der Waals surface area contributed by atoms with Gasteiger partial charge in [0.2, 0.25) is 0 Å². The van der Waals surface area contributed by atoms with Crippen LogP contribution in [-0.2, 0) is 6.18 Å². The van der Waals surface area contributed by atoms with Gasteiger partial charge in [-0.05, 0) is 35.9 Å². The standard InChI is InChI=1S/C17H12F7NO2/c18-13-3-2-10(16(19,20)21)6-12(13)9-1-4-14(26-11-7-25-8-11)15(5-9)27-17(22,23)24/h1-6,11,25H,7-8H2. The highest BCUT2D eigenvalue weighted by Crippen LogP contribution is 2.39. The van der Waals surface area contributed by atoms with E-state index in [1.54, 1.807) is 0 Å². The van der Waals surface area contributed by atoms with Crippen LogP contribution in [0, 0.1) is 5.82 Å². The van der Waals surface area contributed by atoms with Crippen molar-refractivity contribution in [2.24, 2.45) is 0 Å². The molecule has 0 amide bonds. The molecule has 0 bridgehead atoms. The van der Waals surface area contributed by atoms with Gasteiger partial charge in [-0.3, -0.25) is 0 Å². The van der Waals surface area contributed by atoms with E-state index in [1.165, 1.54) is 6.07 Å². The summed E-state index contributed by atoms with van der Waals surface area (Å²) in [6.45, 7) is 0.852. The maximum absolute atomic E-state index is 14.0. The fraction of sp³-hybridized carbons (Fsp3) is 0.294. The molecule has 1 aliphatic rings. The van der Waals surface area contributed by atoms with Crippen molar-refractivity contribution in [3.8, 4) is 22.6 Å². The van der Waals surface area contributed by atoms with Crippen LogP contribution in [0.2, 0.25) is 0 Å². The van der Waals surface area contributed by atoms with E-state index in [2.05, 4.69) is 10.1 Å². The molecule has 0 radical (unpaired) electrons. The maximum atomic E-state index is 14.0.